The van der Waals surface area contributed by atoms with Crippen molar-refractivity contribution >= 4 is 11.6 Å². The third kappa shape index (κ3) is 4.91. The fourth-order valence-corrected chi connectivity index (χ4v) is 2.89. The van der Waals surface area contributed by atoms with E-state index in [0.29, 0.717) is 17.0 Å². The Morgan fingerprint density at radius 3 is 2.44 bits per heavy atom. The third-order valence-corrected chi connectivity index (χ3v) is 4.47. The average Bonchev–Trinajstić information content (AvgIpc) is 3.27. The Morgan fingerprint density at radius 1 is 0.969 bits per heavy atom. The number of nitrogens with zero attached hydrogens (tertiary/aromatic N) is 4. The summed E-state index contributed by atoms with van der Waals surface area (Å²) in [5, 5.41) is 13.9. The average molecular weight is 439 g/mol. The number of nitrogens with one attached hydrogen (secondary N) is 1. The minimum atomic E-state index is -4.47. The Hall–Kier alpha value is -4.21. The highest BCUT2D eigenvalue weighted by Crippen LogP contribution is 2.30. The predicted molar refractivity (Wildman–Crippen MR) is 109 cm³/mol. The molecule has 7 nitrogen and oxygen atoms in total. The van der Waals surface area contributed by atoms with Crippen LogP contribution in [0.5, 0.6) is 5.75 Å². The van der Waals surface area contributed by atoms with Crippen LogP contribution in [0.3, 0.4) is 0 Å². The summed E-state index contributed by atoms with van der Waals surface area (Å²) < 4.78 is 45.8. The zero-order valence-corrected chi connectivity index (χ0v) is 16.5. The van der Waals surface area contributed by atoms with E-state index in [0.717, 1.165) is 12.1 Å². The number of anilines is 1. The highest BCUT2D eigenvalue weighted by Gasteiger charge is 2.30. The number of carbonyl (C=O) groups excluding carboxylic acids is 1. The van der Waals surface area contributed by atoms with E-state index in [9.17, 15) is 18.0 Å². The quantitative estimate of drug-likeness (QED) is 0.478. The fraction of sp³-hybridized carbons (Fsp3) is 0.0909. The third-order valence-electron chi connectivity index (χ3n) is 4.47. The Labute approximate surface area is 180 Å². The standard InChI is InChI=1S/C22H16F3N5O2/c23-22(24,25)16-7-4-8-18(13-16)30-20(27-28-29-30)14-32-19-11-9-17(10-12-19)26-21(31)15-5-2-1-3-6-15/h1-13H,14H2,(H,26,31). The second-order valence-electron chi connectivity index (χ2n) is 6.69. The van der Waals surface area contributed by atoms with Gasteiger partial charge in [0.1, 0.15) is 12.4 Å². The van der Waals surface area contributed by atoms with Gasteiger partial charge in [-0.05, 0) is 65.0 Å². The van der Waals surface area contributed by atoms with Gasteiger partial charge in [-0.15, -0.1) is 5.10 Å². The molecule has 32 heavy (non-hydrogen) atoms. The van der Waals surface area contributed by atoms with Gasteiger partial charge in [0, 0.05) is 11.3 Å². The molecule has 0 atom stereocenters. The molecule has 0 spiro atoms. The highest BCUT2D eigenvalue weighted by atomic mass is 19.4. The number of tetrazole rings is 1. The first-order valence-corrected chi connectivity index (χ1v) is 9.44. The minimum Gasteiger partial charge on any atom is -0.486 e. The van der Waals surface area contributed by atoms with Crippen LogP contribution in [-0.4, -0.2) is 26.1 Å². The molecule has 10 heteroatoms. The second kappa shape index (κ2) is 8.88. The molecule has 0 radical (unpaired) electrons. The molecule has 1 heterocycles. The number of alkyl halides is 3. The first-order chi connectivity index (χ1) is 15.4. The van der Waals surface area contributed by atoms with Crippen LogP contribution in [0.2, 0.25) is 0 Å². The summed E-state index contributed by atoms with van der Waals surface area (Å²) in [4.78, 5) is 12.2. The van der Waals surface area contributed by atoms with E-state index in [1.807, 2.05) is 6.07 Å². The van der Waals surface area contributed by atoms with Crippen molar-refractivity contribution in [2.75, 3.05) is 5.32 Å². The molecular weight excluding hydrogens is 423 g/mol. The summed E-state index contributed by atoms with van der Waals surface area (Å²) in [5.74, 6) is 0.464. The SMILES string of the molecule is O=C(Nc1ccc(OCc2nnnn2-c2cccc(C(F)(F)F)c2)cc1)c1ccccc1. The molecule has 4 aromatic rings. The Bertz CT molecular complexity index is 1210. The number of halogens is 3. The number of rotatable bonds is 6. The highest BCUT2D eigenvalue weighted by molar-refractivity contribution is 6.04. The predicted octanol–water partition coefficient (Wildman–Crippen LogP) is 4.51. The van der Waals surface area contributed by atoms with Gasteiger partial charge >= 0.3 is 6.18 Å². The lowest BCUT2D eigenvalue weighted by atomic mass is 10.2. The smallest absolute Gasteiger partial charge is 0.416 e. The maximum absolute atomic E-state index is 13.0. The summed E-state index contributed by atoms with van der Waals surface area (Å²) in [6, 6.07) is 20.1. The summed E-state index contributed by atoms with van der Waals surface area (Å²) >= 11 is 0. The van der Waals surface area contributed by atoms with E-state index in [2.05, 4.69) is 20.8 Å². The Balaban J connectivity index is 1.41. The number of ether oxygens (including phenoxy) is 1. The zero-order valence-electron chi connectivity index (χ0n) is 16.5. The van der Waals surface area contributed by atoms with Crippen molar-refractivity contribution in [1.29, 1.82) is 0 Å². The molecule has 4 rings (SSSR count). The van der Waals surface area contributed by atoms with Crippen molar-refractivity contribution in [3.05, 3.63) is 95.8 Å². The lowest BCUT2D eigenvalue weighted by Crippen LogP contribution is -2.11. The van der Waals surface area contributed by atoms with Crippen LogP contribution < -0.4 is 10.1 Å². The van der Waals surface area contributed by atoms with Crippen LogP contribution in [-0.2, 0) is 12.8 Å². The molecular formula is C22H16F3N5O2. The molecule has 0 aliphatic heterocycles. The molecule has 0 bridgehead atoms. The fourth-order valence-electron chi connectivity index (χ4n) is 2.89. The van der Waals surface area contributed by atoms with Crippen molar-refractivity contribution in [3.8, 4) is 11.4 Å². The summed E-state index contributed by atoms with van der Waals surface area (Å²) in [5.41, 5.74) is 0.488. The van der Waals surface area contributed by atoms with E-state index in [4.69, 9.17) is 4.74 Å². The van der Waals surface area contributed by atoms with Gasteiger partial charge in [-0.3, -0.25) is 4.79 Å². The Kier molecular flexibility index (Phi) is 5.84. The van der Waals surface area contributed by atoms with E-state index in [1.165, 1.54) is 16.8 Å². The normalized spacial score (nSPS) is 11.2. The van der Waals surface area contributed by atoms with Gasteiger partial charge in [-0.1, -0.05) is 24.3 Å². The van der Waals surface area contributed by atoms with Crippen LogP contribution in [0.1, 0.15) is 21.7 Å². The van der Waals surface area contributed by atoms with Gasteiger partial charge in [-0.2, -0.15) is 17.9 Å². The minimum absolute atomic E-state index is 0.0705. The zero-order chi connectivity index (χ0) is 22.6. The van der Waals surface area contributed by atoms with E-state index >= 15 is 0 Å². The summed E-state index contributed by atoms with van der Waals surface area (Å²) in [6.45, 7) is -0.0705. The van der Waals surface area contributed by atoms with Crippen LogP contribution in [0.4, 0.5) is 18.9 Å². The van der Waals surface area contributed by atoms with Crippen molar-refractivity contribution in [2.24, 2.45) is 0 Å². The van der Waals surface area contributed by atoms with Gasteiger partial charge in [0.05, 0.1) is 11.3 Å². The van der Waals surface area contributed by atoms with Crippen LogP contribution in [0.25, 0.3) is 5.69 Å². The molecule has 3 aromatic carbocycles. The Morgan fingerprint density at radius 2 is 1.72 bits per heavy atom. The monoisotopic (exact) mass is 439 g/mol. The molecule has 1 N–H and O–H groups in total. The van der Waals surface area contributed by atoms with Crippen molar-refractivity contribution in [2.45, 2.75) is 12.8 Å². The topological polar surface area (TPSA) is 81.9 Å². The van der Waals surface area contributed by atoms with Gasteiger partial charge < -0.3 is 10.1 Å². The van der Waals surface area contributed by atoms with Gasteiger partial charge in [-0.25, -0.2) is 0 Å². The molecule has 0 saturated carbocycles. The molecule has 1 aromatic heterocycles. The molecule has 0 unspecified atom stereocenters. The van der Waals surface area contributed by atoms with Crippen LogP contribution >= 0.6 is 0 Å². The van der Waals surface area contributed by atoms with Crippen molar-refractivity contribution in [1.82, 2.24) is 20.2 Å². The molecule has 1 amide bonds. The molecule has 0 fully saturated rings. The number of hydrogen-bond acceptors (Lipinski definition) is 5. The number of benzene rings is 3. The maximum Gasteiger partial charge on any atom is 0.416 e. The van der Waals surface area contributed by atoms with Gasteiger partial charge in [0.2, 0.25) is 0 Å². The van der Waals surface area contributed by atoms with Gasteiger partial charge in [0.25, 0.3) is 5.91 Å². The first kappa shape index (κ1) is 21.0. The van der Waals surface area contributed by atoms with E-state index in [-0.39, 0.29) is 24.0 Å². The maximum atomic E-state index is 13.0. The molecule has 0 aliphatic rings. The first-order valence-electron chi connectivity index (χ1n) is 9.44. The lowest BCUT2D eigenvalue weighted by molar-refractivity contribution is -0.137. The largest absolute Gasteiger partial charge is 0.486 e. The second-order valence-corrected chi connectivity index (χ2v) is 6.69. The summed E-state index contributed by atoms with van der Waals surface area (Å²) in [7, 11) is 0. The number of carbonyl (C=O) groups is 1. The van der Waals surface area contributed by atoms with Gasteiger partial charge in [0.15, 0.2) is 5.82 Å². The number of aromatic nitrogens is 4. The molecule has 0 aliphatic carbocycles. The van der Waals surface area contributed by atoms with E-state index < -0.39 is 11.7 Å². The van der Waals surface area contributed by atoms with Crippen molar-refractivity contribution < 1.29 is 22.7 Å². The number of hydrogen-bond donors (Lipinski definition) is 1. The molecule has 0 saturated heterocycles. The van der Waals surface area contributed by atoms with E-state index in [1.54, 1.807) is 48.5 Å². The van der Waals surface area contributed by atoms with Crippen molar-refractivity contribution in [3.63, 3.8) is 0 Å². The van der Waals surface area contributed by atoms with Crippen LogP contribution in [0.15, 0.2) is 78.9 Å². The van der Waals surface area contributed by atoms with Crippen LogP contribution in [0, 0.1) is 0 Å². The lowest BCUT2D eigenvalue weighted by Gasteiger charge is -2.10. The number of amides is 1. The summed E-state index contributed by atoms with van der Waals surface area (Å²) in [6.07, 6.45) is -4.47. The molecule has 162 valence electrons.